The maximum Gasteiger partial charge on any atom is 0.360 e. The van der Waals surface area contributed by atoms with Crippen LogP contribution < -0.4 is 4.90 Å². The first-order valence-corrected chi connectivity index (χ1v) is 7.39. The number of pyridine rings is 1. The number of methoxy groups -OCH3 is 1. The molecule has 1 aliphatic heterocycles. The van der Waals surface area contributed by atoms with Crippen LogP contribution in [0, 0.1) is 6.92 Å². The lowest BCUT2D eigenvalue weighted by molar-refractivity contribution is 0.0593. The summed E-state index contributed by atoms with van der Waals surface area (Å²) in [5.41, 5.74) is 2.64. The molecule has 1 fully saturated rings. The molecule has 120 valence electrons. The summed E-state index contributed by atoms with van der Waals surface area (Å²) in [4.78, 5) is 27.2. The highest BCUT2D eigenvalue weighted by Crippen LogP contribution is 2.23. The average molecular weight is 314 g/mol. The predicted molar refractivity (Wildman–Crippen MR) is 84.4 cm³/mol. The summed E-state index contributed by atoms with van der Waals surface area (Å²) >= 11 is 0. The molecule has 3 rings (SSSR count). The van der Waals surface area contributed by atoms with Crippen molar-refractivity contribution in [3.63, 3.8) is 0 Å². The highest BCUT2D eigenvalue weighted by atomic mass is 16.5. The van der Waals surface area contributed by atoms with Crippen LogP contribution in [0.4, 0.5) is 5.82 Å². The zero-order valence-corrected chi connectivity index (χ0v) is 13.2. The van der Waals surface area contributed by atoms with E-state index in [2.05, 4.69) is 15.0 Å². The second-order valence-electron chi connectivity index (χ2n) is 5.27. The van der Waals surface area contributed by atoms with Gasteiger partial charge in [0.25, 0.3) is 0 Å². The minimum Gasteiger partial charge on any atom is -0.464 e. The van der Waals surface area contributed by atoms with E-state index in [1.54, 1.807) is 18.6 Å². The number of ether oxygens (including phenoxy) is 2. The van der Waals surface area contributed by atoms with Gasteiger partial charge in [0.1, 0.15) is 0 Å². The number of hydrogen-bond acceptors (Lipinski definition) is 7. The second-order valence-corrected chi connectivity index (χ2v) is 5.27. The Kier molecular flexibility index (Phi) is 4.47. The lowest BCUT2D eigenvalue weighted by atomic mass is 10.1. The van der Waals surface area contributed by atoms with E-state index in [0.29, 0.717) is 37.8 Å². The molecule has 0 radical (unpaired) electrons. The van der Waals surface area contributed by atoms with Crippen molar-refractivity contribution in [2.45, 2.75) is 6.92 Å². The smallest absolute Gasteiger partial charge is 0.360 e. The number of morpholine rings is 1. The van der Waals surface area contributed by atoms with E-state index in [9.17, 15) is 4.79 Å². The summed E-state index contributed by atoms with van der Waals surface area (Å²) in [7, 11) is 1.34. The van der Waals surface area contributed by atoms with Gasteiger partial charge in [-0.1, -0.05) is 0 Å². The van der Waals surface area contributed by atoms with Crippen LogP contribution in [0.3, 0.4) is 0 Å². The SMILES string of the molecule is COC(=O)c1nc(-c2cncc(C)c2)cnc1N1CCOCC1. The molecule has 0 N–H and O–H groups in total. The maximum absolute atomic E-state index is 12.1. The molecule has 0 aliphatic carbocycles. The minimum atomic E-state index is -0.499. The summed E-state index contributed by atoms with van der Waals surface area (Å²) in [6.07, 6.45) is 5.13. The van der Waals surface area contributed by atoms with Gasteiger partial charge >= 0.3 is 5.97 Å². The summed E-state index contributed by atoms with van der Waals surface area (Å²) in [6, 6.07) is 1.95. The largest absolute Gasteiger partial charge is 0.464 e. The second kappa shape index (κ2) is 6.70. The Bertz CT molecular complexity index is 714. The number of esters is 1. The van der Waals surface area contributed by atoms with E-state index in [1.165, 1.54) is 7.11 Å². The fourth-order valence-corrected chi connectivity index (χ4v) is 2.46. The molecule has 1 aliphatic rings. The molecular weight excluding hydrogens is 296 g/mol. The number of aryl methyl sites for hydroxylation is 1. The first-order chi connectivity index (χ1) is 11.2. The lowest BCUT2D eigenvalue weighted by Crippen LogP contribution is -2.38. The highest BCUT2D eigenvalue weighted by Gasteiger charge is 2.23. The van der Waals surface area contributed by atoms with E-state index < -0.39 is 5.97 Å². The van der Waals surface area contributed by atoms with Crippen molar-refractivity contribution in [1.29, 1.82) is 0 Å². The van der Waals surface area contributed by atoms with Gasteiger partial charge in [-0.05, 0) is 18.6 Å². The summed E-state index contributed by atoms with van der Waals surface area (Å²) in [6.45, 7) is 4.50. The van der Waals surface area contributed by atoms with Crippen LogP contribution >= 0.6 is 0 Å². The Morgan fingerprint density at radius 2 is 2.04 bits per heavy atom. The van der Waals surface area contributed by atoms with Gasteiger partial charge in [-0.3, -0.25) is 4.98 Å². The van der Waals surface area contributed by atoms with Crippen LogP contribution in [0.2, 0.25) is 0 Å². The summed E-state index contributed by atoms with van der Waals surface area (Å²) in [5, 5.41) is 0. The third-order valence-corrected chi connectivity index (χ3v) is 3.61. The first kappa shape index (κ1) is 15.4. The van der Waals surface area contributed by atoms with Crippen LogP contribution in [0.5, 0.6) is 0 Å². The van der Waals surface area contributed by atoms with Crippen LogP contribution in [-0.2, 0) is 9.47 Å². The van der Waals surface area contributed by atoms with E-state index >= 15 is 0 Å². The van der Waals surface area contributed by atoms with E-state index in [1.807, 2.05) is 17.9 Å². The van der Waals surface area contributed by atoms with Gasteiger partial charge in [-0.25, -0.2) is 14.8 Å². The van der Waals surface area contributed by atoms with Crippen molar-refractivity contribution in [3.05, 3.63) is 35.9 Å². The van der Waals surface area contributed by atoms with Crippen molar-refractivity contribution in [1.82, 2.24) is 15.0 Å². The Morgan fingerprint density at radius 1 is 1.26 bits per heavy atom. The number of anilines is 1. The first-order valence-electron chi connectivity index (χ1n) is 7.39. The van der Waals surface area contributed by atoms with Gasteiger partial charge in [-0.15, -0.1) is 0 Å². The van der Waals surface area contributed by atoms with E-state index in [-0.39, 0.29) is 5.69 Å². The molecule has 0 amide bonds. The molecule has 1 saturated heterocycles. The van der Waals surface area contributed by atoms with Crippen molar-refractivity contribution < 1.29 is 14.3 Å². The Balaban J connectivity index is 2.03. The van der Waals surface area contributed by atoms with Crippen LogP contribution in [0.15, 0.2) is 24.7 Å². The highest BCUT2D eigenvalue weighted by molar-refractivity contribution is 5.93. The number of aromatic nitrogens is 3. The quantitative estimate of drug-likeness (QED) is 0.794. The van der Waals surface area contributed by atoms with Gasteiger partial charge < -0.3 is 14.4 Å². The predicted octanol–water partition coefficient (Wildman–Crippen LogP) is 1.47. The third-order valence-electron chi connectivity index (χ3n) is 3.61. The standard InChI is InChI=1S/C16H18N4O3/c1-11-7-12(9-17-8-11)13-10-18-15(14(19-13)16(21)22-2)20-3-5-23-6-4-20/h7-10H,3-6H2,1-2H3. The zero-order valence-electron chi connectivity index (χ0n) is 13.2. The topological polar surface area (TPSA) is 77.4 Å². The molecule has 23 heavy (non-hydrogen) atoms. The molecule has 2 aromatic heterocycles. The number of carbonyl (C=O) groups is 1. The third kappa shape index (κ3) is 3.29. The molecular formula is C16H18N4O3. The molecule has 0 spiro atoms. The van der Waals surface area contributed by atoms with Gasteiger partial charge in [-0.2, -0.15) is 0 Å². The van der Waals surface area contributed by atoms with Crippen molar-refractivity contribution >= 4 is 11.8 Å². The maximum atomic E-state index is 12.1. The normalized spacial score (nSPS) is 14.6. The number of nitrogens with zero attached hydrogens (tertiary/aromatic N) is 4. The molecule has 0 saturated carbocycles. The fourth-order valence-electron chi connectivity index (χ4n) is 2.46. The van der Waals surface area contributed by atoms with Crippen LogP contribution in [0.1, 0.15) is 16.1 Å². The molecule has 0 aromatic carbocycles. The van der Waals surface area contributed by atoms with E-state index in [0.717, 1.165) is 11.1 Å². The number of carbonyl (C=O) groups excluding carboxylic acids is 1. The molecule has 0 bridgehead atoms. The van der Waals surface area contributed by atoms with Gasteiger partial charge in [0.15, 0.2) is 11.5 Å². The van der Waals surface area contributed by atoms with Gasteiger partial charge in [0, 0.05) is 31.0 Å². The molecule has 2 aromatic rings. The average Bonchev–Trinajstić information content (AvgIpc) is 2.61. The Labute approximate surface area is 134 Å². The fraction of sp³-hybridized carbons (Fsp3) is 0.375. The Morgan fingerprint density at radius 3 is 2.74 bits per heavy atom. The molecule has 3 heterocycles. The molecule has 0 atom stereocenters. The van der Waals surface area contributed by atoms with Crippen molar-refractivity contribution in [2.75, 3.05) is 38.3 Å². The molecule has 7 nitrogen and oxygen atoms in total. The molecule has 0 unspecified atom stereocenters. The number of hydrogen-bond donors (Lipinski definition) is 0. The van der Waals surface area contributed by atoms with Gasteiger partial charge in [0.2, 0.25) is 0 Å². The zero-order chi connectivity index (χ0) is 16.2. The van der Waals surface area contributed by atoms with Crippen molar-refractivity contribution in [3.8, 4) is 11.3 Å². The Hall–Kier alpha value is -2.54. The van der Waals surface area contributed by atoms with Crippen LogP contribution in [-0.4, -0.2) is 54.3 Å². The summed E-state index contributed by atoms with van der Waals surface area (Å²) < 4.78 is 10.2. The minimum absolute atomic E-state index is 0.216. The number of rotatable bonds is 3. The summed E-state index contributed by atoms with van der Waals surface area (Å²) in [5.74, 6) is 0.0333. The monoisotopic (exact) mass is 314 g/mol. The van der Waals surface area contributed by atoms with Crippen LogP contribution in [0.25, 0.3) is 11.3 Å². The van der Waals surface area contributed by atoms with Gasteiger partial charge in [0.05, 0.1) is 32.2 Å². The van der Waals surface area contributed by atoms with E-state index in [4.69, 9.17) is 9.47 Å². The lowest BCUT2D eigenvalue weighted by Gasteiger charge is -2.28. The molecule has 7 heteroatoms. The van der Waals surface area contributed by atoms with Crippen molar-refractivity contribution in [2.24, 2.45) is 0 Å².